The van der Waals surface area contributed by atoms with Crippen LogP contribution in [0.4, 0.5) is 0 Å². The monoisotopic (exact) mass is 303 g/mol. The predicted molar refractivity (Wildman–Crippen MR) is 92.3 cm³/mol. The molecule has 0 bridgehead atoms. The predicted octanol–water partition coefficient (Wildman–Crippen LogP) is 4.39. The molecule has 1 aromatic carbocycles. The fourth-order valence-electron chi connectivity index (χ4n) is 3.63. The van der Waals surface area contributed by atoms with Crippen molar-refractivity contribution in [3.05, 3.63) is 35.9 Å². The van der Waals surface area contributed by atoms with E-state index in [-0.39, 0.29) is 5.04 Å². The molecule has 2 unspecified atom stereocenters. The Kier molecular flexibility index (Phi) is 4.92. The molecule has 1 aliphatic rings. The van der Waals surface area contributed by atoms with Gasteiger partial charge in [-0.05, 0) is 24.8 Å². The molecule has 2 nitrogen and oxygen atoms in total. The molecule has 0 saturated carbocycles. The molecule has 1 aromatic rings. The standard InChI is InChI=1S/C18H29NOSi/c1-5-6-12-18(21(2,3)4)14-16(19-17(18)20)13-15-10-8-7-9-11-15/h7-11,16H,5-6,12-14H2,1-4H3,(H,19,20). The SMILES string of the molecule is CCCCC1([Si](C)(C)C)CC(Cc2ccccc2)NC1=O. The fraction of sp³-hybridized carbons (Fsp3) is 0.611. The van der Waals surface area contributed by atoms with E-state index in [1.54, 1.807) is 0 Å². The summed E-state index contributed by atoms with van der Waals surface area (Å²) in [6, 6.07) is 10.8. The largest absolute Gasteiger partial charge is 0.353 e. The Morgan fingerprint density at radius 1 is 1.24 bits per heavy atom. The summed E-state index contributed by atoms with van der Waals surface area (Å²) in [5.74, 6) is 0.330. The Bertz CT molecular complexity index is 480. The first kappa shape index (κ1) is 16.3. The average Bonchev–Trinajstić information content (AvgIpc) is 2.74. The first-order chi connectivity index (χ1) is 9.89. The maximum Gasteiger partial charge on any atom is 0.223 e. The number of nitrogens with one attached hydrogen (secondary N) is 1. The average molecular weight is 304 g/mol. The zero-order chi connectivity index (χ0) is 15.5. The second-order valence-electron chi connectivity index (χ2n) is 7.50. The highest BCUT2D eigenvalue weighted by Crippen LogP contribution is 2.51. The van der Waals surface area contributed by atoms with Crippen LogP contribution >= 0.6 is 0 Å². The van der Waals surface area contributed by atoms with Gasteiger partial charge in [-0.1, -0.05) is 69.7 Å². The van der Waals surface area contributed by atoms with Gasteiger partial charge >= 0.3 is 0 Å². The van der Waals surface area contributed by atoms with Crippen molar-refractivity contribution in [1.29, 1.82) is 0 Å². The van der Waals surface area contributed by atoms with Crippen LogP contribution < -0.4 is 5.32 Å². The van der Waals surface area contributed by atoms with Crippen molar-refractivity contribution in [3.8, 4) is 0 Å². The summed E-state index contributed by atoms with van der Waals surface area (Å²) in [6.07, 6.45) is 5.39. The first-order valence-corrected chi connectivity index (χ1v) is 11.7. The smallest absolute Gasteiger partial charge is 0.223 e. The molecule has 116 valence electrons. The molecule has 1 aliphatic heterocycles. The number of unbranched alkanes of at least 4 members (excludes halogenated alkanes) is 1. The highest BCUT2D eigenvalue weighted by atomic mass is 28.3. The van der Waals surface area contributed by atoms with Crippen LogP contribution in [0.5, 0.6) is 0 Å². The number of amides is 1. The number of hydrogen-bond acceptors (Lipinski definition) is 1. The van der Waals surface area contributed by atoms with Gasteiger partial charge in [-0.25, -0.2) is 0 Å². The van der Waals surface area contributed by atoms with Gasteiger partial charge in [0.1, 0.15) is 0 Å². The topological polar surface area (TPSA) is 29.1 Å². The number of rotatable bonds is 6. The van der Waals surface area contributed by atoms with Crippen molar-refractivity contribution in [2.75, 3.05) is 0 Å². The minimum atomic E-state index is -1.55. The van der Waals surface area contributed by atoms with Crippen molar-refractivity contribution in [3.63, 3.8) is 0 Å². The lowest BCUT2D eigenvalue weighted by molar-refractivity contribution is -0.122. The molecule has 2 atom stereocenters. The second kappa shape index (κ2) is 6.35. The Balaban J connectivity index is 2.15. The van der Waals surface area contributed by atoms with Gasteiger partial charge in [0.2, 0.25) is 5.91 Å². The van der Waals surface area contributed by atoms with Crippen molar-refractivity contribution in [2.24, 2.45) is 0 Å². The van der Waals surface area contributed by atoms with E-state index >= 15 is 0 Å². The van der Waals surface area contributed by atoms with Gasteiger partial charge in [-0.3, -0.25) is 4.79 Å². The van der Waals surface area contributed by atoms with Gasteiger partial charge in [0.25, 0.3) is 0 Å². The molecule has 0 radical (unpaired) electrons. The maximum atomic E-state index is 12.8. The maximum absolute atomic E-state index is 12.8. The van der Waals surface area contributed by atoms with Crippen LogP contribution in [-0.4, -0.2) is 20.0 Å². The van der Waals surface area contributed by atoms with E-state index in [2.05, 4.69) is 56.1 Å². The molecule has 1 N–H and O–H groups in total. The molecule has 0 aliphatic carbocycles. The molecule has 1 fully saturated rings. The lowest BCUT2D eigenvalue weighted by Gasteiger charge is -2.38. The summed E-state index contributed by atoms with van der Waals surface area (Å²) >= 11 is 0. The summed E-state index contributed by atoms with van der Waals surface area (Å²) in [5.41, 5.74) is 1.32. The third-order valence-electron chi connectivity index (χ3n) is 5.08. The van der Waals surface area contributed by atoms with Crippen molar-refractivity contribution < 1.29 is 4.79 Å². The third-order valence-corrected chi connectivity index (χ3v) is 8.63. The fourth-order valence-corrected chi connectivity index (χ4v) is 6.16. The van der Waals surface area contributed by atoms with Crippen LogP contribution in [0, 0.1) is 0 Å². The Hall–Kier alpha value is -1.09. The van der Waals surface area contributed by atoms with E-state index in [1.165, 1.54) is 12.0 Å². The van der Waals surface area contributed by atoms with E-state index in [0.717, 1.165) is 25.7 Å². The molecule has 1 saturated heterocycles. The Morgan fingerprint density at radius 3 is 2.48 bits per heavy atom. The summed E-state index contributed by atoms with van der Waals surface area (Å²) in [5, 5.41) is 3.24. The van der Waals surface area contributed by atoms with Gasteiger partial charge in [-0.2, -0.15) is 0 Å². The first-order valence-electron chi connectivity index (χ1n) is 8.24. The van der Waals surface area contributed by atoms with Crippen LogP contribution in [0.3, 0.4) is 0 Å². The molecule has 3 heteroatoms. The van der Waals surface area contributed by atoms with E-state index < -0.39 is 8.07 Å². The molecule has 1 amide bonds. The van der Waals surface area contributed by atoms with Crippen LogP contribution in [0.15, 0.2) is 30.3 Å². The van der Waals surface area contributed by atoms with E-state index in [1.807, 2.05) is 6.07 Å². The minimum Gasteiger partial charge on any atom is -0.353 e. The number of carbonyl (C=O) groups is 1. The molecule has 0 aromatic heterocycles. The number of carbonyl (C=O) groups excluding carboxylic acids is 1. The highest BCUT2D eigenvalue weighted by Gasteiger charge is 2.54. The van der Waals surface area contributed by atoms with Crippen molar-refractivity contribution >= 4 is 14.0 Å². The second-order valence-corrected chi connectivity index (χ2v) is 13.0. The van der Waals surface area contributed by atoms with Gasteiger partial charge in [0, 0.05) is 11.1 Å². The summed E-state index contributed by atoms with van der Waals surface area (Å²) in [7, 11) is -1.55. The van der Waals surface area contributed by atoms with Crippen LogP contribution in [0.25, 0.3) is 0 Å². The number of benzene rings is 1. The lowest BCUT2D eigenvalue weighted by Crippen LogP contribution is -2.44. The van der Waals surface area contributed by atoms with Crippen molar-refractivity contribution in [1.82, 2.24) is 5.32 Å². The Labute approximate surface area is 130 Å². The van der Waals surface area contributed by atoms with E-state index in [0.29, 0.717) is 11.9 Å². The van der Waals surface area contributed by atoms with Crippen LogP contribution in [-0.2, 0) is 11.2 Å². The van der Waals surface area contributed by atoms with Crippen molar-refractivity contribution in [2.45, 2.75) is 69.7 Å². The number of hydrogen-bond donors (Lipinski definition) is 1. The zero-order valence-electron chi connectivity index (χ0n) is 13.9. The lowest BCUT2D eigenvalue weighted by atomic mass is 9.94. The summed E-state index contributed by atoms with van der Waals surface area (Å²) in [4.78, 5) is 12.8. The third kappa shape index (κ3) is 3.39. The summed E-state index contributed by atoms with van der Waals surface area (Å²) in [6.45, 7) is 9.28. The molecule has 0 spiro atoms. The van der Waals surface area contributed by atoms with Crippen LogP contribution in [0.2, 0.25) is 24.7 Å². The molecule has 1 heterocycles. The van der Waals surface area contributed by atoms with E-state index in [4.69, 9.17) is 0 Å². The van der Waals surface area contributed by atoms with E-state index in [9.17, 15) is 4.79 Å². The highest BCUT2D eigenvalue weighted by molar-refractivity contribution is 6.82. The minimum absolute atomic E-state index is 0.0670. The molecule has 2 rings (SSSR count). The normalized spacial score (nSPS) is 25.9. The quantitative estimate of drug-likeness (QED) is 0.776. The summed E-state index contributed by atoms with van der Waals surface area (Å²) < 4.78 is 0. The van der Waals surface area contributed by atoms with Gasteiger partial charge in [-0.15, -0.1) is 0 Å². The molecule has 21 heavy (non-hydrogen) atoms. The molecular weight excluding hydrogens is 274 g/mol. The van der Waals surface area contributed by atoms with Gasteiger partial charge in [0.05, 0.1) is 8.07 Å². The molecular formula is C18H29NOSi. The zero-order valence-corrected chi connectivity index (χ0v) is 14.9. The Morgan fingerprint density at radius 2 is 1.90 bits per heavy atom. The van der Waals surface area contributed by atoms with Gasteiger partial charge in [0.15, 0.2) is 0 Å². The van der Waals surface area contributed by atoms with Crippen LogP contribution in [0.1, 0.15) is 38.2 Å². The van der Waals surface area contributed by atoms with Gasteiger partial charge < -0.3 is 5.32 Å².